The number of nitro groups is 1. The second-order valence-corrected chi connectivity index (χ2v) is 6.13. The number of piperidine rings is 1. The van der Waals surface area contributed by atoms with Crippen LogP contribution in [0.3, 0.4) is 0 Å². The zero-order chi connectivity index (χ0) is 18.2. The third-order valence-electron chi connectivity index (χ3n) is 4.52. The molecule has 146 valence electrons. The summed E-state index contributed by atoms with van der Waals surface area (Å²) in [4.78, 5) is 25.5. The SMILES string of the molecule is CCN(CC(=O)O)C1CCN(CCOc2cccc([N+](=O)[O-])c2)CC1.Cl. The fourth-order valence-corrected chi connectivity index (χ4v) is 3.16. The number of ether oxygens (including phenoxy) is 1. The minimum absolute atomic E-state index is 0. The van der Waals surface area contributed by atoms with Gasteiger partial charge in [-0.2, -0.15) is 0 Å². The van der Waals surface area contributed by atoms with Crippen molar-refractivity contribution in [2.75, 3.05) is 39.3 Å². The number of nitro benzene ring substituents is 1. The van der Waals surface area contributed by atoms with E-state index in [4.69, 9.17) is 9.84 Å². The van der Waals surface area contributed by atoms with Crippen molar-refractivity contribution in [2.24, 2.45) is 0 Å². The van der Waals surface area contributed by atoms with Gasteiger partial charge in [0.15, 0.2) is 0 Å². The molecule has 0 aromatic heterocycles. The molecule has 1 heterocycles. The highest BCUT2D eigenvalue weighted by Crippen LogP contribution is 2.20. The van der Waals surface area contributed by atoms with Crippen LogP contribution in [-0.4, -0.2) is 71.2 Å². The van der Waals surface area contributed by atoms with Crippen LogP contribution in [-0.2, 0) is 4.79 Å². The van der Waals surface area contributed by atoms with Crippen molar-refractivity contribution in [2.45, 2.75) is 25.8 Å². The summed E-state index contributed by atoms with van der Waals surface area (Å²) in [6, 6.07) is 6.51. The van der Waals surface area contributed by atoms with Crippen LogP contribution in [0.5, 0.6) is 5.75 Å². The molecular weight excluding hydrogens is 362 g/mol. The Kier molecular flexibility index (Phi) is 9.32. The maximum absolute atomic E-state index is 10.9. The zero-order valence-electron chi connectivity index (χ0n) is 14.9. The molecule has 1 fully saturated rings. The Morgan fingerprint density at radius 2 is 2.12 bits per heavy atom. The predicted octanol–water partition coefficient (Wildman–Crippen LogP) is 2.27. The van der Waals surface area contributed by atoms with E-state index < -0.39 is 10.9 Å². The molecule has 0 radical (unpaired) electrons. The number of rotatable bonds is 9. The molecule has 1 aromatic carbocycles. The number of carboxylic acid groups (broad SMARTS) is 1. The number of carboxylic acids is 1. The summed E-state index contributed by atoms with van der Waals surface area (Å²) in [5.41, 5.74) is 0.0244. The van der Waals surface area contributed by atoms with Gasteiger partial charge in [-0.25, -0.2) is 0 Å². The van der Waals surface area contributed by atoms with Crippen molar-refractivity contribution in [3.63, 3.8) is 0 Å². The van der Waals surface area contributed by atoms with Gasteiger partial charge in [0.05, 0.1) is 17.5 Å². The Hall–Kier alpha value is -1.90. The van der Waals surface area contributed by atoms with Crippen LogP contribution in [0.25, 0.3) is 0 Å². The number of likely N-dealkylation sites (tertiary alicyclic amines) is 1. The number of benzene rings is 1. The first-order valence-electron chi connectivity index (χ1n) is 8.55. The van der Waals surface area contributed by atoms with Crippen LogP contribution in [0, 0.1) is 10.1 Å². The van der Waals surface area contributed by atoms with Gasteiger partial charge < -0.3 is 9.84 Å². The largest absolute Gasteiger partial charge is 0.492 e. The lowest BCUT2D eigenvalue weighted by molar-refractivity contribution is -0.384. The fraction of sp³-hybridized carbons (Fsp3) is 0.588. The van der Waals surface area contributed by atoms with E-state index in [0.717, 1.165) is 39.0 Å². The van der Waals surface area contributed by atoms with E-state index in [1.807, 2.05) is 11.8 Å². The molecule has 1 aliphatic rings. The molecule has 26 heavy (non-hydrogen) atoms. The summed E-state index contributed by atoms with van der Waals surface area (Å²) >= 11 is 0. The summed E-state index contributed by atoms with van der Waals surface area (Å²) in [5, 5.41) is 19.7. The average molecular weight is 388 g/mol. The molecule has 9 heteroatoms. The lowest BCUT2D eigenvalue weighted by atomic mass is 10.0. The predicted molar refractivity (Wildman–Crippen MR) is 100 cm³/mol. The monoisotopic (exact) mass is 387 g/mol. The Bertz CT molecular complexity index is 594. The topological polar surface area (TPSA) is 96.2 Å². The highest BCUT2D eigenvalue weighted by molar-refractivity contribution is 5.85. The van der Waals surface area contributed by atoms with Crippen LogP contribution in [0.2, 0.25) is 0 Å². The first kappa shape index (κ1) is 22.1. The molecule has 1 aromatic rings. The number of likely N-dealkylation sites (N-methyl/N-ethyl adjacent to an activating group) is 1. The van der Waals surface area contributed by atoms with Gasteiger partial charge in [0, 0.05) is 18.7 Å². The van der Waals surface area contributed by atoms with Crippen molar-refractivity contribution in [1.82, 2.24) is 9.80 Å². The molecule has 0 unspecified atom stereocenters. The molecule has 0 amide bonds. The minimum atomic E-state index is -0.783. The molecule has 0 spiro atoms. The fourth-order valence-electron chi connectivity index (χ4n) is 3.16. The van der Waals surface area contributed by atoms with Crippen LogP contribution in [0.4, 0.5) is 5.69 Å². The molecule has 0 aliphatic carbocycles. The number of nitrogens with zero attached hydrogens (tertiary/aromatic N) is 3. The van der Waals surface area contributed by atoms with Gasteiger partial charge in [-0.15, -0.1) is 12.4 Å². The maximum Gasteiger partial charge on any atom is 0.317 e. The van der Waals surface area contributed by atoms with Gasteiger partial charge in [0.1, 0.15) is 12.4 Å². The molecule has 1 aliphatic heterocycles. The molecule has 0 bridgehead atoms. The maximum atomic E-state index is 10.9. The van der Waals surface area contributed by atoms with Crippen molar-refractivity contribution in [1.29, 1.82) is 0 Å². The lowest BCUT2D eigenvalue weighted by Gasteiger charge is -2.37. The van der Waals surface area contributed by atoms with E-state index in [2.05, 4.69) is 4.90 Å². The van der Waals surface area contributed by atoms with Gasteiger partial charge >= 0.3 is 5.97 Å². The van der Waals surface area contributed by atoms with Crippen LogP contribution >= 0.6 is 12.4 Å². The molecule has 1 N–H and O–H groups in total. The Balaban J connectivity index is 0.00000338. The summed E-state index contributed by atoms with van der Waals surface area (Å²) in [7, 11) is 0. The molecule has 0 saturated carbocycles. The van der Waals surface area contributed by atoms with E-state index in [-0.39, 0.29) is 24.6 Å². The normalized spacial score (nSPS) is 15.5. The van der Waals surface area contributed by atoms with E-state index in [9.17, 15) is 14.9 Å². The van der Waals surface area contributed by atoms with E-state index in [1.54, 1.807) is 12.1 Å². The van der Waals surface area contributed by atoms with Gasteiger partial charge in [-0.3, -0.25) is 24.7 Å². The summed E-state index contributed by atoms with van der Waals surface area (Å²) in [6.07, 6.45) is 1.88. The molecule has 0 atom stereocenters. The molecular formula is C17H26ClN3O5. The van der Waals surface area contributed by atoms with E-state index in [1.165, 1.54) is 12.1 Å². The Morgan fingerprint density at radius 1 is 1.42 bits per heavy atom. The molecule has 1 saturated heterocycles. The highest BCUT2D eigenvalue weighted by atomic mass is 35.5. The van der Waals surface area contributed by atoms with Gasteiger partial charge in [0.2, 0.25) is 0 Å². The van der Waals surface area contributed by atoms with E-state index >= 15 is 0 Å². The van der Waals surface area contributed by atoms with Gasteiger partial charge in [0.25, 0.3) is 5.69 Å². The highest BCUT2D eigenvalue weighted by Gasteiger charge is 2.24. The Labute approximate surface area is 159 Å². The minimum Gasteiger partial charge on any atom is -0.492 e. The third-order valence-corrected chi connectivity index (χ3v) is 4.52. The smallest absolute Gasteiger partial charge is 0.317 e. The van der Waals surface area contributed by atoms with Gasteiger partial charge in [-0.05, 0) is 38.5 Å². The molecule has 2 rings (SSSR count). The standard InChI is InChI=1S/C17H25N3O5.ClH/c1-2-19(13-17(21)22)14-6-8-18(9-7-14)10-11-25-16-5-3-4-15(12-16)20(23)24;/h3-5,12,14H,2,6-11,13H2,1H3,(H,21,22);1H. The quantitative estimate of drug-likeness (QED) is 0.512. The first-order chi connectivity index (χ1) is 12.0. The summed E-state index contributed by atoms with van der Waals surface area (Å²) in [5.74, 6) is -0.280. The van der Waals surface area contributed by atoms with Crippen LogP contribution in [0.1, 0.15) is 19.8 Å². The third kappa shape index (κ3) is 6.78. The average Bonchev–Trinajstić information content (AvgIpc) is 2.60. The molecule has 8 nitrogen and oxygen atoms in total. The van der Waals surface area contributed by atoms with Crippen molar-refractivity contribution < 1.29 is 19.6 Å². The second-order valence-electron chi connectivity index (χ2n) is 6.13. The van der Waals surface area contributed by atoms with Crippen LogP contribution in [0.15, 0.2) is 24.3 Å². The van der Waals surface area contributed by atoms with Gasteiger partial charge in [-0.1, -0.05) is 13.0 Å². The number of hydrogen-bond acceptors (Lipinski definition) is 6. The van der Waals surface area contributed by atoms with E-state index in [0.29, 0.717) is 18.4 Å². The summed E-state index contributed by atoms with van der Waals surface area (Å²) in [6.45, 7) is 5.85. The van der Waals surface area contributed by atoms with Crippen molar-refractivity contribution in [3.05, 3.63) is 34.4 Å². The summed E-state index contributed by atoms with van der Waals surface area (Å²) < 4.78 is 5.61. The lowest BCUT2D eigenvalue weighted by Crippen LogP contribution is -2.47. The second kappa shape index (κ2) is 10.9. The van der Waals surface area contributed by atoms with Crippen molar-refractivity contribution in [3.8, 4) is 5.75 Å². The number of halogens is 1. The van der Waals surface area contributed by atoms with Crippen LogP contribution < -0.4 is 4.74 Å². The zero-order valence-corrected chi connectivity index (χ0v) is 15.7. The Morgan fingerprint density at radius 3 is 2.69 bits per heavy atom. The number of hydrogen-bond donors (Lipinski definition) is 1. The first-order valence-corrected chi connectivity index (χ1v) is 8.55. The number of carbonyl (C=O) groups is 1. The number of aliphatic carboxylic acids is 1. The number of non-ortho nitro benzene ring substituents is 1. The van der Waals surface area contributed by atoms with Crippen molar-refractivity contribution >= 4 is 24.1 Å².